The fourth-order valence-electron chi connectivity index (χ4n) is 2.53. The van der Waals surface area contributed by atoms with Gasteiger partial charge in [-0.1, -0.05) is 36.4 Å². The number of halogens is 5. The predicted molar refractivity (Wildman–Crippen MR) is 89.3 cm³/mol. The highest BCUT2D eigenvalue weighted by atomic mass is 27.1. The van der Waals surface area contributed by atoms with Crippen molar-refractivity contribution in [2.24, 2.45) is 0 Å². The van der Waals surface area contributed by atoms with Crippen molar-refractivity contribution in [3.63, 3.8) is 0 Å². The van der Waals surface area contributed by atoms with Crippen LogP contribution in [0.15, 0.2) is 48.5 Å². The van der Waals surface area contributed by atoms with Gasteiger partial charge in [-0.2, -0.15) is 0 Å². The Labute approximate surface area is 158 Å². The van der Waals surface area contributed by atoms with Crippen molar-refractivity contribution in [2.45, 2.75) is 0 Å². The van der Waals surface area contributed by atoms with Gasteiger partial charge in [0.15, 0.2) is 29.1 Å². The van der Waals surface area contributed by atoms with Gasteiger partial charge in [-0.3, -0.25) is 4.79 Å². The molecule has 0 unspecified atom stereocenters. The van der Waals surface area contributed by atoms with Crippen molar-refractivity contribution in [3.05, 3.63) is 88.8 Å². The van der Waals surface area contributed by atoms with Crippen molar-refractivity contribution in [2.75, 3.05) is 0 Å². The zero-order chi connectivity index (χ0) is 19.7. The average molecular weight is 390 g/mol. The summed E-state index contributed by atoms with van der Waals surface area (Å²) in [6, 6.07) is 11.8. The van der Waals surface area contributed by atoms with Gasteiger partial charge in [-0.25, -0.2) is 22.0 Å². The Kier molecular flexibility index (Phi) is 5.31. The second-order valence-corrected chi connectivity index (χ2v) is 5.73. The zero-order valence-corrected chi connectivity index (χ0v) is 14.6. The highest BCUT2D eigenvalue weighted by molar-refractivity contribution is 6.11. The van der Waals surface area contributed by atoms with Crippen LogP contribution in [0.2, 0.25) is 0 Å². The van der Waals surface area contributed by atoms with E-state index >= 15 is 0 Å². The molecule has 0 heterocycles. The molecule has 0 bridgehead atoms. The van der Waals surface area contributed by atoms with Gasteiger partial charge in [0.2, 0.25) is 5.82 Å². The van der Waals surface area contributed by atoms with E-state index in [1.54, 1.807) is 34.8 Å². The van der Waals surface area contributed by atoms with E-state index in [9.17, 15) is 26.7 Å². The summed E-state index contributed by atoms with van der Waals surface area (Å²) in [6.07, 6.45) is 0.662. The molecule has 0 atom stereocenters. The Hall–Kier alpha value is -2.69. The average Bonchev–Trinajstić information content (AvgIpc) is 2.69. The van der Waals surface area contributed by atoms with Crippen LogP contribution in [0, 0.1) is 29.1 Å². The van der Waals surface area contributed by atoms with Crippen LogP contribution in [-0.2, 0) is 3.79 Å². The van der Waals surface area contributed by atoms with Gasteiger partial charge in [0.05, 0.1) is 11.3 Å². The van der Waals surface area contributed by atoms with Gasteiger partial charge in [-0.05, 0) is 16.8 Å². The molecule has 134 valence electrons. The minimum Gasteiger partial charge on any atom is -0.653 e. The van der Waals surface area contributed by atoms with Crippen LogP contribution in [0.3, 0.4) is 0 Å². The number of ketones is 1. The van der Waals surface area contributed by atoms with Crippen molar-refractivity contribution in [3.8, 4) is 0 Å². The monoisotopic (exact) mass is 390 g/mol. The molecule has 3 aromatic carbocycles. The topological polar surface area (TPSA) is 26.3 Å². The number of benzene rings is 3. The highest BCUT2D eigenvalue weighted by Gasteiger charge is 2.28. The molecule has 0 saturated heterocycles. The van der Waals surface area contributed by atoms with Gasteiger partial charge in [-0.15, -0.1) is 0 Å². The Morgan fingerprint density at radius 2 is 1.37 bits per heavy atom. The first-order valence-electron chi connectivity index (χ1n) is 7.48. The highest BCUT2D eigenvalue weighted by Crippen LogP contribution is 2.29. The van der Waals surface area contributed by atoms with Gasteiger partial charge in [0.25, 0.3) is 0 Å². The lowest BCUT2D eigenvalue weighted by molar-refractivity contribution is 0.104. The number of rotatable bonds is 4. The number of carbonyl (C=O) groups excluding carboxylic acids is 1. The summed E-state index contributed by atoms with van der Waals surface area (Å²) in [6.45, 7) is 0. The normalized spacial score (nSPS) is 11.7. The molecule has 0 saturated carbocycles. The summed E-state index contributed by atoms with van der Waals surface area (Å²) >= 11 is 1.61. The molecule has 8 heteroatoms. The molecular weight excluding hydrogens is 382 g/mol. The quantitative estimate of drug-likeness (QED) is 0.121. The second-order valence-electron chi connectivity index (χ2n) is 5.50. The number of fused-ring (bicyclic) bond motifs is 1. The standard InChI is InChI=1S/C19H9F5O2.Al/c20-15-14(16(21)18(23)19(24)17(15)22)13(26)8-12(25)11-6-5-9-3-1-2-4-10(9)7-11;/h1-8,26H;/q;+1/p-1/b13-8-;. The Morgan fingerprint density at radius 1 is 0.815 bits per heavy atom. The summed E-state index contributed by atoms with van der Waals surface area (Å²) in [4.78, 5) is 12.4. The van der Waals surface area contributed by atoms with E-state index in [2.05, 4.69) is 3.79 Å². The number of allylic oxidation sites excluding steroid dienone is 1. The molecule has 0 aliphatic rings. The smallest absolute Gasteiger partial charge is 0.482 e. The minimum atomic E-state index is -2.29. The molecule has 3 aromatic rings. The third-order valence-electron chi connectivity index (χ3n) is 3.88. The maximum atomic E-state index is 13.9. The Balaban J connectivity index is 2.10. The fourth-order valence-corrected chi connectivity index (χ4v) is 2.72. The van der Waals surface area contributed by atoms with E-state index in [0.717, 1.165) is 10.8 Å². The van der Waals surface area contributed by atoms with Crippen molar-refractivity contribution in [1.29, 1.82) is 0 Å². The Morgan fingerprint density at radius 3 is 1.96 bits per heavy atom. The molecule has 2 nitrogen and oxygen atoms in total. The lowest BCUT2D eigenvalue weighted by Crippen LogP contribution is -2.09. The molecule has 0 spiro atoms. The van der Waals surface area contributed by atoms with Crippen LogP contribution in [0.1, 0.15) is 15.9 Å². The van der Waals surface area contributed by atoms with Crippen LogP contribution in [-0.4, -0.2) is 22.4 Å². The Bertz CT molecular complexity index is 1070. The van der Waals surface area contributed by atoms with E-state index in [-0.39, 0.29) is 5.56 Å². The molecule has 27 heavy (non-hydrogen) atoms. The van der Waals surface area contributed by atoms with E-state index in [1.165, 1.54) is 12.1 Å². The summed E-state index contributed by atoms with van der Waals surface area (Å²) in [7, 11) is 0. The van der Waals surface area contributed by atoms with E-state index in [0.29, 0.717) is 6.08 Å². The largest absolute Gasteiger partial charge is 0.653 e. The molecule has 3 rings (SSSR count). The van der Waals surface area contributed by atoms with E-state index in [4.69, 9.17) is 0 Å². The first-order chi connectivity index (χ1) is 12.8. The molecule has 0 amide bonds. The van der Waals surface area contributed by atoms with Crippen LogP contribution in [0.4, 0.5) is 22.0 Å². The minimum absolute atomic E-state index is 0.150. The molecule has 0 aliphatic heterocycles. The first-order valence-corrected chi connectivity index (χ1v) is 7.95. The van der Waals surface area contributed by atoms with Crippen molar-refractivity contribution in [1.82, 2.24) is 0 Å². The van der Waals surface area contributed by atoms with Gasteiger partial charge >= 0.3 is 16.6 Å². The van der Waals surface area contributed by atoms with Crippen LogP contribution in [0.5, 0.6) is 0 Å². The summed E-state index contributed by atoms with van der Waals surface area (Å²) in [5, 5.41) is 1.60. The van der Waals surface area contributed by atoms with Crippen LogP contribution < -0.4 is 0 Å². The molecule has 2 radical (unpaired) electrons. The lowest BCUT2D eigenvalue weighted by Gasteiger charge is -2.13. The number of carbonyl (C=O) groups is 1. The van der Waals surface area contributed by atoms with Gasteiger partial charge in [0, 0.05) is 11.6 Å². The van der Waals surface area contributed by atoms with Crippen molar-refractivity contribution >= 4 is 38.9 Å². The first kappa shape index (κ1) is 19.1. The summed E-state index contributed by atoms with van der Waals surface area (Å²) in [5.41, 5.74) is -1.17. The van der Waals surface area contributed by atoms with Crippen molar-refractivity contribution < 1.29 is 30.5 Å². The van der Waals surface area contributed by atoms with Gasteiger partial charge < -0.3 is 3.79 Å². The fraction of sp³-hybridized carbons (Fsp3) is 0. The zero-order valence-electron chi connectivity index (χ0n) is 13.4. The third-order valence-corrected chi connectivity index (χ3v) is 4.13. The maximum Gasteiger partial charge on any atom is 0.482 e. The van der Waals surface area contributed by atoms with Crippen LogP contribution >= 0.6 is 0 Å². The second kappa shape index (κ2) is 7.51. The van der Waals surface area contributed by atoms with Gasteiger partial charge in [0.1, 0.15) is 0 Å². The summed E-state index contributed by atoms with van der Waals surface area (Å²) < 4.78 is 72.5. The third kappa shape index (κ3) is 3.46. The number of hydrogen-bond acceptors (Lipinski definition) is 2. The predicted octanol–water partition coefficient (Wildman–Crippen LogP) is 4.86. The maximum absolute atomic E-state index is 13.9. The van der Waals surface area contributed by atoms with E-state index < -0.39 is 46.2 Å². The van der Waals surface area contributed by atoms with Crippen LogP contribution in [0.25, 0.3) is 16.5 Å². The molecular formula is C19H8AlF5O2. The molecule has 0 N–H and O–H groups in total. The SMILES string of the molecule is O=C(/C=C(\[O][Al])c1c(F)c(F)c(F)c(F)c1F)c1ccc2ccccc2c1. The molecule has 0 fully saturated rings. The lowest BCUT2D eigenvalue weighted by atomic mass is 10.0. The molecule has 0 aliphatic carbocycles. The number of hydrogen-bond donors (Lipinski definition) is 0. The molecule has 0 aromatic heterocycles. The summed E-state index contributed by atoms with van der Waals surface area (Å²) in [5.74, 6) is -12.3. The van der Waals surface area contributed by atoms with E-state index in [1.807, 2.05) is 12.1 Å².